The molecule has 1 amide bonds. The first-order valence-electron chi connectivity index (χ1n) is 10.1. The van der Waals surface area contributed by atoms with E-state index in [0.29, 0.717) is 16.4 Å². The van der Waals surface area contributed by atoms with Crippen molar-refractivity contribution in [3.8, 4) is 5.75 Å². The summed E-state index contributed by atoms with van der Waals surface area (Å²) < 4.78 is 34.0. The van der Waals surface area contributed by atoms with Crippen LogP contribution in [-0.2, 0) is 14.8 Å². The van der Waals surface area contributed by atoms with Crippen LogP contribution in [0.25, 0.3) is 0 Å². The predicted molar refractivity (Wildman–Crippen MR) is 126 cm³/mol. The summed E-state index contributed by atoms with van der Waals surface area (Å²) in [5, 5.41) is 3.23. The third-order valence-corrected chi connectivity index (χ3v) is 7.36. The summed E-state index contributed by atoms with van der Waals surface area (Å²) in [6, 6.07) is 16.9. The molecule has 0 aliphatic carbocycles. The molecule has 1 aliphatic heterocycles. The number of rotatable bonds is 4. The highest BCUT2D eigenvalue weighted by molar-refractivity contribution is 7.92. The van der Waals surface area contributed by atoms with Crippen molar-refractivity contribution < 1.29 is 17.9 Å². The van der Waals surface area contributed by atoms with E-state index < -0.39 is 22.0 Å². The zero-order valence-corrected chi connectivity index (χ0v) is 19.5. The van der Waals surface area contributed by atoms with Crippen molar-refractivity contribution in [1.82, 2.24) is 0 Å². The summed E-state index contributed by atoms with van der Waals surface area (Å²) >= 11 is 6.14. The van der Waals surface area contributed by atoms with Gasteiger partial charge in [-0.25, -0.2) is 8.42 Å². The molecule has 166 valence electrons. The fourth-order valence-corrected chi connectivity index (χ4v) is 5.23. The molecule has 0 spiro atoms. The van der Waals surface area contributed by atoms with Gasteiger partial charge >= 0.3 is 0 Å². The Kier molecular flexibility index (Phi) is 5.88. The Bertz CT molecular complexity index is 1290. The van der Waals surface area contributed by atoms with Crippen LogP contribution in [0.15, 0.2) is 65.6 Å². The summed E-state index contributed by atoms with van der Waals surface area (Å²) in [5.74, 6) is -0.154. The van der Waals surface area contributed by atoms with E-state index in [0.717, 1.165) is 16.7 Å². The van der Waals surface area contributed by atoms with Crippen molar-refractivity contribution >= 4 is 38.9 Å². The van der Waals surface area contributed by atoms with Crippen molar-refractivity contribution in [2.24, 2.45) is 0 Å². The SMILES string of the molecule is Cc1ccc(S(=O)(=O)N2C[C@@H](C(=O)Nc3ccc(C)cc3C)Oc3ccc(Cl)cc32)cc1. The standard InChI is InChI=1S/C24H23ClN2O4S/c1-15-4-8-19(9-5-15)32(29,30)27-14-23(31-22-11-7-18(25)13-21(22)27)24(28)26-20-10-6-16(2)12-17(20)3/h4-13,23H,14H2,1-3H3,(H,26,28)/t23-/m0/s1. The van der Waals surface area contributed by atoms with Gasteiger partial charge in [-0.3, -0.25) is 9.10 Å². The second kappa shape index (κ2) is 8.48. The Morgan fingerprint density at radius 2 is 1.69 bits per heavy atom. The zero-order valence-electron chi connectivity index (χ0n) is 17.9. The molecule has 3 aromatic carbocycles. The van der Waals surface area contributed by atoms with Crippen LogP contribution in [0.4, 0.5) is 11.4 Å². The highest BCUT2D eigenvalue weighted by atomic mass is 35.5. The zero-order chi connectivity index (χ0) is 23.0. The minimum atomic E-state index is -3.95. The molecule has 0 fully saturated rings. The van der Waals surface area contributed by atoms with Crippen molar-refractivity contribution in [2.45, 2.75) is 31.8 Å². The number of nitrogens with zero attached hydrogens (tertiary/aromatic N) is 1. The Morgan fingerprint density at radius 3 is 2.38 bits per heavy atom. The lowest BCUT2D eigenvalue weighted by Gasteiger charge is -2.35. The third kappa shape index (κ3) is 4.31. The lowest BCUT2D eigenvalue weighted by atomic mass is 10.1. The van der Waals surface area contributed by atoms with Crippen molar-refractivity contribution in [3.05, 3.63) is 82.4 Å². The molecule has 1 N–H and O–H groups in total. The first-order valence-corrected chi connectivity index (χ1v) is 11.9. The lowest BCUT2D eigenvalue weighted by molar-refractivity contribution is -0.122. The molecule has 32 heavy (non-hydrogen) atoms. The number of amides is 1. The van der Waals surface area contributed by atoms with Crippen LogP contribution in [0.1, 0.15) is 16.7 Å². The Hall–Kier alpha value is -3.03. The number of carbonyl (C=O) groups excluding carboxylic acids is 1. The lowest BCUT2D eigenvalue weighted by Crippen LogP contribution is -2.48. The van der Waals surface area contributed by atoms with E-state index in [9.17, 15) is 13.2 Å². The molecule has 1 heterocycles. The number of halogens is 1. The number of hydrogen-bond donors (Lipinski definition) is 1. The monoisotopic (exact) mass is 470 g/mol. The summed E-state index contributed by atoms with van der Waals surface area (Å²) in [6.07, 6.45) is -1.04. The second-order valence-corrected chi connectivity index (χ2v) is 10.2. The molecular weight excluding hydrogens is 448 g/mol. The van der Waals surface area contributed by atoms with Crippen molar-refractivity contribution in [3.63, 3.8) is 0 Å². The summed E-state index contributed by atoms with van der Waals surface area (Å²) in [5.41, 5.74) is 3.88. The van der Waals surface area contributed by atoms with Crippen LogP contribution in [0, 0.1) is 20.8 Å². The van der Waals surface area contributed by atoms with E-state index in [1.807, 2.05) is 39.0 Å². The summed E-state index contributed by atoms with van der Waals surface area (Å²) in [7, 11) is -3.95. The first kappa shape index (κ1) is 22.2. The predicted octanol–water partition coefficient (Wildman–Crippen LogP) is 4.86. The number of anilines is 2. The number of nitrogens with one attached hydrogen (secondary N) is 1. The Morgan fingerprint density at radius 1 is 1.00 bits per heavy atom. The largest absolute Gasteiger partial charge is 0.476 e. The van der Waals surface area contributed by atoms with Crippen LogP contribution >= 0.6 is 11.6 Å². The number of carbonyl (C=O) groups is 1. The second-order valence-electron chi connectivity index (χ2n) is 7.88. The van der Waals surface area contributed by atoms with Crippen LogP contribution in [0.3, 0.4) is 0 Å². The van der Waals surface area contributed by atoms with Crippen molar-refractivity contribution in [1.29, 1.82) is 0 Å². The minimum absolute atomic E-state index is 0.129. The average molecular weight is 471 g/mol. The first-order chi connectivity index (χ1) is 15.1. The molecular formula is C24H23ClN2O4S. The van der Waals surface area contributed by atoms with Crippen LogP contribution in [0.2, 0.25) is 5.02 Å². The van der Waals surface area contributed by atoms with E-state index >= 15 is 0 Å². The number of ether oxygens (including phenoxy) is 1. The molecule has 3 aromatic rings. The summed E-state index contributed by atoms with van der Waals surface area (Å²) in [6.45, 7) is 5.57. The normalized spacial score (nSPS) is 15.6. The smallest absolute Gasteiger partial charge is 0.267 e. The van der Waals surface area contributed by atoms with E-state index in [4.69, 9.17) is 16.3 Å². The van der Waals surface area contributed by atoms with Gasteiger partial charge in [-0.15, -0.1) is 0 Å². The Balaban J connectivity index is 1.69. The number of hydrogen-bond acceptors (Lipinski definition) is 4. The van der Waals surface area contributed by atoms with Gasteiger partial charge in [-0.2, -0.15) is 0 Å². The van der Waals surface area contributed by atoms with E-state index in [2.05, 4.69) is 5.32 Å². The van der Waals surface area contributed by atoms with Gasteiger partial charge < -0.3 is 10.1 Å². The van der Waals surface area contributed by atoms with E-state index in [1.54, 1.807) is 36.4 Å². The molecule has 0 radical (unpaired) electrons. The molecule has 0 saturated carbocycles. The van der Waals surface area contributed by atoms with Crippen LogP contribution < -0.4 is 14.4 Å². The third-order valence-electron chi connectivity index (χ3n) is 5.33. The molecule has 1 aliphatic rings. The van der Waals surface area contributed by atoms with Gasteiger partial charge in [0.05, 0.1) is 17.1 Å². The maximum absolute atomic E-state index is 13.5. The molecule has 6 nitrogen and oxygen atoms in total. The maximum Gasteiger partial charge on any atom is 0.267 e. The fourth-order valence-electron chi connectivity index (χ4n) is 3.59. The van der Waals surface area contributed by atoms with Gasteiger partial charge in [0.2, 0.25) is 0 Å². The molecule has 0 unspecified atom stereocenters. The van der Waals surface area contributed by atoms with Crippen LogP contribution in [0.5, 0.6) is 5.75 Å². The average Bonchev–Trinajstić information content (AvgIpc) is 2.75. The number of fused-ring (bicyclic) bond motifs is 1. The van der Waals surface area contributed by atoms with Gasteiger partial charge in [0.1, 0.15) is 5.75 Å². The highest BCUT2D eigenvalue weighted by Crippen LogP contribution is 2.39. The van der Waals surface area contributed by atoms with Gasteiger partial charge in [0.15, 0.2) is 6.10 Å². The number of sulfonamides is 1. The maximum atomic E-state index is 13.5. The summed E-state index contributed by atoms with van der Waals surface area (Å²) in [4.78, 5) is 13.2. The van der Waals surface area contributed by atoms with Gasteiger partial charge in [-0.1, -0.05) is 47.0 Å². The van der Waals surface area contributed by atoms with Crippen molar-refractivity contribution in [2.75, 3.05) is 16.2 Å². The van der Waals surface area contributed by atoms with E-state index in [-0.39, 0.29) is 17.2 Å². The highest BCUT2D eigenvalue weighted by Gasteiger charge is 2.38. The number of benzene rings is 3. The molecule has 8 heteroatoms. The van der Waals surface area contributed by atoms with Gasteiger partial charge in [0.25, 0.3) is 15.9 Å². The quantitative estimate of drug-likeness (QED) is 0.590. The topological polar surface area (TPSA) is 75.7 Å². The molecule has 0 saturated heterocycles. The number of aryl methyl sites for hydroxylation is 3. The molecule has 0 aromatic heterocycles. The van der Waals surface area contributed by atoms with Gasteiger partial charge in [0, 0.05) is 10.7 Å². The molecule has 4 rings (SSSR count). The fraction of sp³-hybridized carbons (Fsp3) is 0.208. The van der Waals surface area contributed by atoms with E-state index in [1.165, 1.54) is 10.4 Å². The molecule has 0 bridgehead atoms. The Labute approximate surface area is 192 Å². The van der Waals surface area contributed by atoms with Gasteiger partial charge in [-0.05, 0) is 62.7 Å². The minimum Gasteiger partial charge on any atom is -0.476 e. The van der Waals surface area contributed by atoms with Crippen LogP contribution in [-0.4, -0.2) is 27.0 Å². The molecule has 1 atom stereocenters.